The highest BCUT2D eigenvalue weighted by Crippen LogP contribution is 2.00. The van der Waals surface area contributed by atoms with Gasteiger partial charge >= 0.3 is 0 Å². The van der Waals surface area contributed by atoms with E-state index in [4.69, 9.17) is 5.26 Å². The monoisotopic (exact) mass is 150 g/mol. The lowest BCUT2D eigenvalue weighted by Gasteiger charge is -1.86. The van der Waals surface area contributed by atoms with Crippen molar-refractivity contribution >= 4 is 11.8 Å². The molecule has 0 spiro atoms. The first-order chi connectivity index (χ1) is 3.43. The van der Waals surface area contributed by atoms with Crippen LogP contribution in [0.1, 0.15) is 0 Å². The number of quaternary nitrogens is 1. The smallest absolute Gasteiger partial charge is 0.183 e. The zero-order chi connectivity index (χ0) is 5.11. The molecule has 46 valence electrons. The summed E-state index contributed by atoms with van der Waals surface area (Å²) in [5.74, 6) is 2.08. The average Bonchev–Trinajstić information content (AvgIpc) is 2.14. The topological polar surface area (TPSA) is 40.4 Å². The quantitative estimate of drug-likeness (QED) is 0.384. The fourth-order valence-electron chi connectivity index (χ4n) is 0.537. The predicted octanol–water partition coefficient (Wildman–Crippen LogP) is -3.85. The molecule has 0 radical (unpaired) electrons. The van der Waals surface area contributed by atoms with Gasteiger partial charge in [-0.2, -0.15) is 5.26 Å². The number of nitriles is 1. The maximum absolute atomic E-state index is 8.27. The molecule has 8 heavy (non-hydrogen) atoms. The molecule has 0 bridgehead atoms. The third-order valence-corrected chi connectivity index (χ3v) is 1.98. The fraction of sp³-hybridized carbons (Fsp3) is 0.750. The van der Waals surface area contributed by atoms with Crippen LogP contribution >= 0.6 is 11.8 Å². The van der Waals surface area contributed by atoms with E-state index in [9.17, 15) is 0 Å². The van der Waals surface area contributed by atoms with Crippen LogP contribution in [0.5, 0.6) is 0 Å². The number of nitrogens with zero attached hydrogens (tertiary/aromatic N) is 1. The van der Waals surface area contributed by atoms with Gasteiger partial charge in [0.1, 0.15) is 11.9 Å². The highest BCUT2D eigenvalue weighted by molar-refractivity contribution is 7.99. The number of hydrogen-bond acceptors (Lipinski definition) is 2. The third kappa shape index (κ3) is 1.91. The van der Waals surface area contributed by atoms with Crippen LogP contribution in [0.3, 0.4) is 0 Å². The van der Waals surface area contributed by atoms with Crippen LogP contribution in [-0.4, -0.2) is 17.7 Å². The number of nitrogens with two attached hydrogens (primary N) is 1. The van der Waals surface area contributed by atoms with E-state index in [1.807, 2.05) is 11.8 Å². The van der Waals surface area contributed by atoms with Gasteiger partial charge in [0.05, 0.1) is 5.75 Å². The molecule has 2 N–H and O–H groups in total. The zero-order valence-corrected chi connectivity index (χ0v) is 5.87. The van der Waals surface area contributed by atoms with E-state index in [2.05, 4.69) is 11.4 Å². The molecular formula is C4H7ClN2S. The molecule has 1 aliphatic heterocycles. The van der Waals surface area contributed by atoms with Crippen LogP contribution in [0.15, 0.2) is 0 Å². The minimum Gasteiger partial charge on any atom is -1.00 e. The Bertz CT molecular complexity index is 94.7. The standard InChI is InChI=1S/C4H6N2S.ClH/c5-1-4-2-7-3-6-4;/h4,6H,2-3H2;1H. The van der Waals surface area contributed by atoms with Crippen molar-refractivity contribution in [3.05, 3.63) is 0 Å². The van der Waals surface area contributed by atoms with Gasteiger partial charge in [0.25, 0.3) is 0 Å². The van der Waals surface area contributed by atoms with Gasteiger partial charge < -0.3 is 17.7 Å². The second-order valence-electron chi connectivity index (χ2n) is 1.51. The first kappa shape index (κ1) is 8.09. The van der Waals surface area contributed by atoms with E-state index in [0.29, 0.717) is 0 Å². The molecule has 0 saturated carbocycles. The van der Waals surface area contributed by atoms with E-state index in [1.165, 1.54) is 0 Å². The Morgan fingerprint density at radius 1 is 1.75 bits per heavy atom. The lowest BCUT2D eigenvalue weighted by atomic mass is 10.4. The van der Waals surface area contributed by atoms with Gasteiger partial charge in [-0.05, 0) is 0 Å². The summed E-state index contributed by atoms with van der Waals surface area (Å²) >= 11 is 1.83. The van der Waals surface area contributed by atoms with Gasteiger partial charge in [-0.3, -0.25) is 0 Å². The summed E-state index contributed by atoms with van der Waals surface area (Å²) in [6, 6.07) is 2.43. The maximum atomic E-state index is 8.27. The van der Waals surface area contributed by atoms with Gasteiger partial charge in [0, 0.05) is 0 Å². The van der Waals surface area contributed by atoms with Gasteiger partial charge in [-0.15, -0.1) is 0 Å². The Morgan fingerprint density at radius 2 is 2.50 bits per heavy atom. The molecule has 2 nitrogen and oxygen atoms in total. The highest BCUT2D eigenvalue weighted by Gasteiger charge is 2.16. The van der Waals surface area contributed by atoms with Crippen molar-refractivity contribution in [1.82, 2.24) is 0 Å². The SMILES string of the molecule is N#CC1CSC[NH2+]1.[Cl-]. The normalized spacial score (nSPS) is 26.1. The van der Waals surface area contributed by atoms with E-state index in [-0.39, 0.29) is 18.4 Å². The first-order valence-corrected chi connectivity index (χ1v) is 3.39. The largest absolute Gasteiger partial charge is 1.00 e. The first-order valence-electron chi connectivity index (χ1n) is 2.24. The van der Waals surface area contributed by atoms with E-state index < -0.39 is 0 Å². The second kappa shape index (κ2) is 4.02. The van der Waals surface area contributed by atoms with Gasteiger partial charge in [0.2, 0.25) is 0 Å². The highest BCUT2D eigenvalue weighted by atomic mass is 35.5. The lowest BCUT2D eigenvalue weighted by Crippen LogP contribution is -3.00. The van der Waals surface area contributed by atoms with Gasteiger partial charge in [-0.1, -0.05) is 11.8 Å². The Balaban J connectivity index is 0.000000490. The number of hydrogen-bond donors (Lipinski definition) is 1. The Labute approximate surface area is 59.0 Å². The summed E-state index contributed by atoms with van der Waals surface area (Å²) in [7, 11) is 0. The molecule has 0 aromatic carbocycles. The summed E-state index contributed by atoms with van der Waals surface area (Å²) in [6.07, 6.45) is 0. The Kier molecular flexibility index (Phi) is 4.06. The van der Waals surface area contributed by atoms with Crippen molar-refractivity contribution in [2.24, 2.45) is 0 Å². The molecule has 0 aliphatic carbocycles. The molecule has 1 heterocycles. The molecule has 1 fully saturated rings. The minimum absolute atomic E-state index is 0. The minimum atomic E-state index is 0. The molecule has 1 atom stereocenters. The molecule has 1 unspecified atom stereocenters. The Morgan fingerprint density at radius 3 is 2.75 bits per heavy atom. The maximum Gasteiger partial charge on any atom is 0.183 e. The molecular weight excluding hydrogens is 144 g/mol. The molecule has 0 aromatic heterocycles. The lowest BCUT2D eigenvalue weighted by molar-refractivity contribution is -0.648. The van der Waals surface area contributed by atoms with Crippen molar-refractivity contribution in [2.75, 3.05) is 11.6 Å². The molecule has 0 aromatic rings. The number of rotatable bonds is 0. The number of thioether (sulfide) groups is 1. The molecule has 0 amide bonds. The van der Waals surface area contributed by atoms with Crippen molar-refractivity contribution in [3.63, 3.8) is 0 Å². The average molecular weight is 151 g/mol. The predicted molar refractivity (Wildman–Crippen MR) is 28.7 cm³/mol. The molecule has 1 rings (SSSR count). The molecule has 1 aliphatic rings. The third-order valence-electron chi connectivity index (χ3n) is 0.962. The summed E-state index contributed by atoms with van der Waals surface area (Å²) in [6.45, 7) is 0. The van der Waals surface area contributed by atoms with Crippen LogP contribution in [0.4, 0.5) is 0 Å². The van der Waals surface area contributed by atoms with E-state index >= 15 is 0 Å². The van der Waals surface area contributed by atoms with E-state index in [1.54, 1.807) is 0 Å². The fourth-order valence-corrected chi connectivity index (χ4v) is 1.51. The summed E-state index contributed by atoms with van der Waals surface area (Å²) < 4.78 is 0. The van der Waals surface area contributed by atoms with Crippen LogP contribution < -0.4 is 17.7 Å². The molecule has 4 heteroatoms. The van der Waals surface area contributed by atoms with E-state index in [0.717, 1.165) is 11.6 Å². The van der Waals surface area contributed by atoms with Crippen LogP contribution in [0.25, 0.3) is 0 Å². The van der Waals surface area contributed by atoms with Crippen LogP contribution in [0.2, 0.25) is 0 Å². The molecule has 1 saturated heterocycles. The van der Waals surface area contributed by atoms with Crippen molar-refractivity contribution < 1.29 is 17.7 Å². The van der Waals surface area contributed by atoms with Crippen molar-refractivity contribution in [2.45, 2.75) is 6.04 Å². The van der Waals surface area contributed by atoms with Gasteiger partial charge in [0.15, 0.2) is 6.04 Å². The summed E-state index contributed by atoms with van der Waals surface area (Å²) in [4.78, 5) is 0. The zero-order valence-electron chi connectivity index (χ0n) is 4.30. The van der Waals surface area contributed by atoms with Crippen LogP contribution in [0, 0.1) is 11.3 Å². The van der Waals surface area contributed by atoms with Crippen LogP contribution in [-0.2, 0) is 0 Å². The van der Waals surface area contributed by atoms with Crippen molar-refractivity contribution in [1.29, 1.82) is 5.26 Å². The summed E-state index contributed by atoms with van der Waals surface area (Å²) in [5, 5.41) is 10.3. The Hall–Kier alpha value is 0.0900. The van der Waals surface area contributed by atoms with Crippen molar-refractivity contribution in [3.8, 4) is 6.07 Å². The van der Waals surface area contributed by atoms with Gasteiger partial charge in [-0.25, -0.2) is 0 Å². The second-order valence-corrected chi connectivity index (χ2v) is 2.58. The number of halogens is 1. The summed E-state index contributed by atoms with van der Waals surface area (Å²) in [5.41, 5.74) is 0.